The van der Waals surface area contributed by atoms with E-state index >= 15 is 0 Å². The van der Waals surface area contributed by atoms with Gasteiger partial charge in [0.2, 0.25) is 0 Å². The summed E-state index contributed by atoms with van der Waals surface area (Å²) in [5.41, 5.74) is 0.754. The normalized spacial score (nSPS) is 10.9. The number of aromatic nitrogens is 3. The van der Waals surface area contributed by atoms with E-state index in [4.69, 9.17) is 11.6 Å². The van der Waals surface area contributed by atoms with Gasteiger partial charge in [-0.3, -0.25) is 14.3 Å². The quantitative estimate of drug-likeness (QED) is 0.359. The molecule has 0 atom stereocenters. The monoisotopic (exact) mass is 510 g/mol. The molecule has 4 aromatic rings. The zero-order chi connectivity index (χ0) is 26.1. The van der Waals surface area contributed by atoms with Crippen molar-refractivity contribution in [2.75, 3.05) is 0 Å². The molecular formula is C26H18ClF3N4O2. The first-order valence-corrected chi connectivity index (χ1v) is 11.1. The van der Waals surface area contributed by atoms with Crippen molar-refractivity contribution in [1.82, 2.24) is 14.1 Å². The largest absolute Gasteiger partial charge is 0.337 e. The van der Waals surface area contributed by atoms with E-state index in [0.29, 0.717) is 5.56 Å². The lowest BCUT2D eigenvalue weighted by molar-refractivity contribution is 0.445. The van der Waals surface area contributed by atoms with Crippen LogP contribution in [0.5, 0.6) is 0 Å². The average molecular weight is 511 g/mol. The van der Waals surface area contributed by atoms with Gasteiger partial charge in [0.05, 0.1) is 28.7 Å². The zero-order valence-electron chi connectivity index (χ0n) is 19.2. The van der Waals surface area contributed by atoms with Gasteiger partial charge >= 0.3 is 5.69 Å². The van der Waals surface area contributed by atoms with Gasteiger partial charge in [0.15, 0.2) is 17.5 Å². The Bertz CT molecular complexity index is 1650. The van der Waals surface area contributed by atoms with Crippen molar-refractivity contribution in [3.05, 3.63) is 114 Å². The first kappa shape index (κ1) is 24.9. The summed E-state index contributed by atoms with van der Waals surface area (Å²) >= 11 is 6.02. The molecular weight excluding hydrogens is 493 g/mol. The van der Waals surface area contributed by atoms with Crippen molar-refractivity contribution in [2.24, 2.45) is 0 Å². The van der Waals surface area contributed by atoms with Crippen LogP contribution >= 0.6 is 11.6 Å². The molecule has 0 aliphatic heterocycles. The Morgan fingerprint density at radius 2 is 1.69 bits per heavy atom. The van der Waals surface area contributed by atoms with Crippen LogP contribution in [0.25, 0.3) is 16.9 Å². The van der Waals surface area contributed by atoms with Crippen LogP contribution in [0.4, 0.5) is 13.2 Å². The van der Waals surface area contributed by atoms with Gasteiger partial charge in [-0.2, -0.15) is 5.26 Å². The number of aryl methyl sites for hydroxylation is 2. The van der Waals surface area contributed by atoms with E-state index in [2.05, 4.69) is 4.98 Å². The van der Waals surface area contributed by atoms with Gasteiger partial charge in [-0.15, -0.1) is 0 Å². The number of hydrogen-bond acceptors (Lipinski definition) is 4. The zero-order valence-corrected chi connectivity index (χ0v) is 19.9. The molecule has 2 aromatic carbocycles. The van der Waals surface area contributed by atoms with Crippen LogP contribution in [-0.4, -0.2) is 14.1 Å². The van der Waals surface area contributed by atoms with Crippen molar-refractivity contribution in [1.29, 1.82) is 5.26 Å². The molecule has 0 bridgehead atoms. The molecule has 182 valence electrons. The standard InChI is InChI=1S/C26H18ClF3N4O2/c1-14-3-4-17(7-15(14)2)24-20(8-16-9-21(28)23(30)22(29)10-16)25(35)34(26(36)33(24)6-5-31)19-11-18(27)12-32-13-19/h3-4,7,9-13H,6,8H2,1-2H3. The third-order valence-electron chi connectivity index (χ3n) is 5.82. The molecule has 0 aliphatic rings. The molecule has 6 nitrogen and oxygen atoms in total. The number of nitriles is 1. The maximum Gasteiger partial charge on any atom is 0.337 e. The Labute approximate surface area is 208 Å². The van der Waals surface area contributed by atoms with Crippen LogP contribution < -0.4 is 11.2 Å². The van der Waals surface area contributed by atoms with E-state index in [-0.39, 0.29) is 34.0 Å². The van der Waals surface area contributed by atoms with E-state index in [1.807, 2.05) is 19.9 Å². The molecule has 2 aromatic heterocycles. The second-order valence-electron chi connectivity index (χ2n) is 8.21. The lowest BCUT2D eigenvalue weighted by Crippen LogP contribution is -2.42. The first-order chi connectivity index (χ1) is 17.1. The van der Waals surface area contributed by atoms with Gasteiger partial charge in [-0.1, -0.05) is 23.7 Å². The molecule has 0 N–H and O–H groups in total. The lowest BCUT2D eigenvalue weighted by atomic mass is 9.97. The van der Waals surface area contributed by atoms with E-state index in [0.717, 1.165) is 32.4 Å². The maximum absolute atomic E-state index is 14.0. The average Bonchev–Trinajstić information content (AvgIpc) is 2.83. The number of benzene rings is 2. The molecule has 2 heterocycles. The van der Waals surface area contributed by atoms with Gasteiger partial charge in [-0.05, 0) is 60.4 Å². The summed E-state index contributed by atoms with van der Waals surface area (Å²) in [5.74, 6) is -4.46. The third-order valence-corrected chi connectivity index (χ3v) is 6.03. The van der Waals surface area contributed by atoms with Gasteiger partial charge in [0.25, 0.3) is 5.56 Å². The summed E-state index contributed by atoms with van der Waals surface area (Å²) in [5, 5.41) is 9.66. The predicted molar refractivity (Wildman–Crippen MR) is 129 cm³/mol. The van der Waals surface area contributed by atoms with Gasteiger partial charge in [0, 0.05) is 18.2 Å². The second kappa shape index (κ2) is 9.84. The summed E-state index contributed by atoms with van der Waals surface area (Å²) in [6, 6.07) is 10.1. The first-order valence-electron chi connectivity index (χ1n) is 10.7. The number of nitrogens with zero attached hydrogens (tertiary/aromatic N) is 4. The fourth-order valence-corrected chi connectivity index (χ4v) is 4.13. The minimum absolute atomic E-state index is 0.0292. The molecule has 0 saturated heterocycles. The molecule has 0 amide bonds. The Balaban J connectivity index is 2.12. The SMILES string of the molecule is Cc1ccc(-c2c(Cc3cc(F)c(F)c(F)c3)c(=O)n(-c3cncc(Cl)c3)c(=O)n2CC#N)cc1C. The van der Waals surface area contributed by atoms with E-state index < -0.39 is 35.2 Å². The highest BCUT2D eigenvalue weighted by Crippen LogP contribution is 2.27. The molecule has 4 rings (SSSR count). The smallest absolute Gasteiger partial charge is 0.279 e. The summed E-state index contributed by atoms with van der Waals surface area (Å²) in [7, 11) is 0. The minimum atomic E-state index is -1.63. The van der Waals surface area contributed by atoms with Crippen molar-refractivity contribution in [3.8, 4) is 23.0 Å². The van der Waals surface area contributed by atoms with Crippen molar-refractivity contribution in [2.45, 2.75) is 26.8 Å². The van der Waals surface area contributed by atoms with Crippen molar-refractivity contribution >= 4 is 11.6 Å². The fraction of sp³-hybridized carbons (Fsp3) is 0.154. The number of hydrogen-bond donors (Lipinski definition) is 0. The highest BCUT2D eigenvalue weighted by Gasteiger charge is 2.23. The summed E-state index contributed by atoms with van der Waals surface area (Å²) in [6.45, 7) is 3.31. The Morgan fingerprint density at radius 1 is 1.00 bits per heavy atom. The molecule has 0 saturated carbocycles. The fourth-order valence-electron chi connectivity index (χ4n) is 3.96. The van der Waals surface area contributed by atoms with Crippen molar-refractivity contribution in [3.63, 3.8) is 0 Å². The van der Waals surface area contributed by atoms with Crippen LogP contribution in [0, 0.1) is 42.6 Å². The molecule has 0 fully saturated rings. The Hall–Kier alpha value is -4.16. The number of pyridine rings is 1. The summed E-state index contributed by atoms with van der Waals surface area (Å²) < 4.78 is 43.5. The van der Waals surface area contributed by atoms with Crippen LogP contribution in [-0.2, 0) is 13.0 Å². The van der Waals surface area contributed by atoms with E-state index in [1.165, 1.54) is 18.5 Å². The van der Waals surface area contributed by atoms with Crippen molar-refractivity contribution < 1.29 is 13.2 Å². The van der Waals surface area contributed by atoms with Gasteiger partial charge < -0.3 is 0 Å². The van der Waals surface area contributed by atoms with E-state index in [9.17, 15) is 28.0 Å². The highest BCUT2D eigenvalue weighted by molar-refractivity contribution is 6.30. The van der Waals surface area contributed by atoms with Crippen LogP contribution in [0.15, 0.2) is 58.4 Å². The van der Waals surface area contributed by atoms with Gasteiger partial charge in [0.1, 0.15) is 6.54 Å². The summed E-state index contributed by atoms with van der Waals surface area (Å²) in [4.78, 5) is 31.2. The third kappa shape index (κ3) is 4.55. The topological polar surface area (TPSA) is 80.7 Å². The highest BCUT2D eigenvalue weighted by atomic mass is 35.5. The minimum Gasteiger partial charge on any atom is -0.279 e. The number of rotatable bonds is 5. The molecule has 10 heteroatoms. The number of halogens is 4. The lowest BCUT2D eigenvalue weighted by Gasteiger charge is -2.19. The Morgan fingerprint density at radius 3 is 2.31 bits per heavy atom. The van der Waals surface area contributed by atoms with E-state index in [1.54, 1.807) is 18.2 Å². The van der Waals surface area contributed by atoms with Gasteiger partial charge in [-0.25, -0.2) is 22.5 Å². The molecule has 36 heavy (non-hydrogen) atoms. The molecule has 0 radical (unpaired) electrons. The predicted octanol–water partition coefficient (Wildman–Crippen LogP) is 4.86. The summed E-state index contributed by atoms with van der Waals surface area (Å²) in [6.07, 6.45) is 2.22. The Kier molecular flexibility index (Phi) is 6.82. The van der Waals surface area contributed by atoms with Crippen LogP contribution in [0.1, 0.15) is 22.3 Å². The van der Waals surface area contributed by atoms with Crippen LogP contribution in [0.3, 0.4) is 0 Å². The molecule has 0 aliphatic carbocycles. The van der Waals surface area contributed by atoms with Crippen LogP contribution in [0.2, 0.25) is 5.02 Å². The molecule has 0 spiro atoms. The maximum atomic E-state index is 14.0. The molecule has 0 unspecified atom stereocenters. The second-order valence-corrected chi connectivity index (χ2v) is 8.64.